The molecule has 0 saturated heterocycles. The van der Waals surface area contributed by atoms with Gasteiger partial charge in [-0.2, -0.15) is 0 Å². The Morgan fingerprint density at radius 2 is 1.62 bits per heavy atom. The maximum absolute atomic E-state index is 3.65. The Bertz CT molecular complexity index is 746. The van der Waals surface area contributed by atoms with Gasteiger partial charge in [-0.15, -0.1) is 0 Å². The summed E-state index contributed by atoms with van der Waals surface area (Å²) in [5.41, 5.74) is 2.68. The molecule has 1 nitrogen and oxygen atoms in total. The zero-order valence-corrected chi connectivity index (χ0v) is 13.6. The summed E-state index contributed by atoms with van der Waals surface area (Å²) in [6, 6.07) is 23.8. The lowest BCUT2D eigenvalue weighted by Crippen LogP contribution is -2.19. The normalized spacial score (nSPS) is 12.5. The zero-order chi connectivity index (χ0) is 14.7. The Labute approximate surface area is 134 Å². The molecule has 3 aromatic rings. The Hall–Kier alpha value is -1.64. The van der Waals surface area contributed by atoms with Crippen LogP contribution in [0.2, 0.25) is 0 Å². The number of hydrogen-bond donors (Lipinski definition) is 1. The fraction of sp³-hybridized carbons (Fsp3) is 0.158. The van der Waals surface area contributed by atoms with Crippen molar-refractivity contribution in [2.45, 2.75) is 12.5 Å². The van der Waals surface area contributed by atoms with Gasteiger partial charge in [0.25, 0.3) is 0 Å². The van der Waals surface area contributed by atoms with Crippen LogP contribution in [0, 0.1) is 0 Å². The number of nitrogens with one attached hydrogen (secondary N) is 1. The summed E-state index contributed by atoms with van der Waals surface area (Å²) in [6.45, 7) is 0. The summed E-state index contributed by atoms with van der Waals surface area (Å²) in [5.74, 6) is 0. The molecule has 0 aliphatic rings. The predicted octanol–water partition coefficient (Wildman–Crippen LogP) is 5.11. The van der Waals surface area contributed by atoms with Crippen LogP contribution in [0.4, 0.5) is 0 Å². The third-order valence-corrected chi connectivity index (χ3v) is 4.70. The molecule has 0 radical (unpaired) electrons. The van der Waals surface area contributed by atoms with Gasteiger partial charge in [0.1, 0.15) is 0 Å². The van der Waals surface area contributed by atoms with Gasteiger partial charge >= 0.3 is 0 Å². The highest BCUT2D eigenvalue weighted by molar-refractivity contribution is 9.10. The van der Waals surface area contributed by atoms with E-state index in [1.165, 1.54) is 26.4 Å². The van der Waals surface area contributed by atoms with Crippen molar-refractivity contribution in [3.63, 3.8) is 0 Å². The lowest BCUT2D eigenvalue weighted by atomic mass is 9.94. The molecule has 21 heavy (non-hydrogen) atoms. The number of fused-ring (bicyclic) bond motifs is 1. The van der Waals surface area contributed by atoms with Crippen molar-refractivity contribution in [3.05, 3.63) is 82.3 Å². The van der Waals surface area contributed by atoms with Crippen LogP contribution in [-0.2, 0) is 6.42 Å². The zero-order valence-electron chi connectivity index (χ0n) is 12.0. The van der Waals surface area contributed by atoms with Crippen molar-refractivity contribution < 1.29 is 0 Å². The average molecular weight is 340 g/mol. The van der Waals surface area contributed by atoms with Gasteiger partial charge in [0, 0.05) is 10.5 Å². The van der Waals surface area contributed by atoms with Crippen molar-refractivity contribution >= 4 is 26.7 Å². The highest BCUT2D eigenvalue weighted by Gasteiger charge is 2.14. The van der Waals surface area contributed by atoms with E-state index >= 15 is 0 Å². The fourth-order valence-corrected chi connectivity index (χ4v) is 3.25. The van der Waals surface area contributed by atoms with Crippen LogP contribution in [0.15, 0.2) is 71.2 Å². The van der Waals surface area contributed by atoms with Gasteiger partial charge in [-0.05, 0) is 41.4 Å². The molecule has 0 aliphatic heterocycles. The smallest absolute Gasteiger partial charge is 0.0364 e. The maximum Gasteiger partial charge on any atom is 0.0364 e. The summed E-state index contributed by atoms with van der Waals surface area (Å²) < 4.78 is 1.17. The lowest BCUT2D eigenvalue weighted by Gasteiger charge is -2.19. The molecule has 0 saturated carbocycles. The molecule has 3 rings (SSSR count). The minimum absolute atomic E-state index is 0.301. The SMILES string of the molecule is CNC(Cc1ccccc1Br)c1cccc2ccccc12. The second kappa shape index (κ2) is 6.42. The fourth-order valence-electron chi connectivity index (χ4n) is 2.81. The molecule has 0 aliphatic carbocycles. The first-order valence-corrected chi connectivity index (χ1v) is 7.97. The van der Waals surface area contributed by atoms with Gasteiger partial charge in [0.05, 0.1) is 0 Å². The van der Waals surface area contributed by atoms with E-state index in [1.807, 2.05) is 7.05 Å². The van der Waals surface area contributed by atoms with Crippen LogP contribution in [0.3, 0.4) is 0 Å². The molecule has 1 N–H and O–H groups in total. The van der Waals surface area contributed by atoms with Crippen molar-refractivity contribution in [1.82, 2.24) is 5.32 Å². The summed E-state index contributed by atoms with van der Waals surface area (Å²) in [5, 5.41) is 6.08. The van der Waals surface area contributed by atoms with Gasteiger partial charge in [-0.25, -0.2) is 0 Å². The molecule has 2 heteroatoms. The van der Waals surface area contributed by atoms with E-state index in [4.69, 9.17) is 0 Å². The number of hydrogen-bond acceptors (Lipinski definition) is 1. The lowest BCUT2D eigenvalue weighted by molar-refractivity contribution is 0.595. The second-order valence-electron chi connectivity index (χ2n) is 5.21. The van der Waals surface area contributed by atoms with Gasteiger partial charge in [0.15, 0.2) is 0 Å². The van der Waals surface area contributed by atoms with Crippen molar-refractivity contribution in [1.29, 1.82) is 0 Å². The Kier molecular flexibility index (Phi) is 4.37. The summed E-state index contributed by atoms with van der Waals surface area (Å²) in [7, 11) is 2.03. The molecular weight excluding hydrogens is 322 g/mol. The van der Waals surface area contributed by atoms with Gasteiger partial charge in [-0.3, -0.25) is 0 Å². The highest BCUT2D eigenvalue weighted by Crippen LogP contribution is 2.28. The molecule has 0 bridgehead atoms. The van der Waals surface area contributed by atoms with E-state index in [0.29, 0.717) is 6.04 Å². The Morgan fingerprint density at radius 1 is 0.905 bits per heavy atom. The van der Waals surface area contributed by atoms with Gasteiger partial charge in [-0.1, -0.05) is 76.6 Å². The van der Waals surface area contributed by atoms with Crippen molar-refractivity contribution in [3.8, 4) is 0 Å². The van der Waals surface area contributed by atoms with Gasteiger partial charge in [0.2, 0.25) is 0 Å². The summed E-state index contributed by atoms with van der Waals surface area (Å²) in [4.78, 5) is 0. The molecule has 0 fully saturated rings. The first-order valence-electron chi connectivity index (χ1n) is 7.18. The number of rotatable bonds is 4. The largest absolute Gasteiger partial charge is 0.313 e. The number of halogens is 1. The molecular formula is C19H18BrN. The Morgan fingerprint density at radius 3 is 2.43 bits per heavy atom. The van der Waals surface area contributed by atoms with Crippen LogP contribution in [-0.4, -0.2) is 7.05 Å². The summed E-state index contributed by atoms with van der Waals surface area (Å²) >= 11 is 3.65. The summed E-state index contributed by atoms with van der Waals surface area (Å²) in [6.07, 6.45) is 0.964. The van der Waals surface area contributed by atoms with Gasteiger partial charge < -0.3 is 5.32 Å². The molecule has 1 atom stereocenters. The number of benzene rings is 3. The average Bonchev–Trinajstić information content (AvgIpc) is 2.54. The number of likely N-dealkylation sites (N-methyl/N-ethyl adjacent to an activating group) is 1. The van der Waals surface area contributed by atoms with Crippen molar-refractivity contribution in [2.75, 3.05) is 7.05 Å². The molecule has 3 aromatic carbocycles. The van der Waals surface area contributed by atoms with E-state index in [-0.39, 0.29) is 0 Å². The second-order valence-corrected chi connectivity index (χ2v) is 6.06. The topological polar surface area (TPSA) is 12.0 Å². The standard InChI is InChI=1S/C19H18BrN/c1-21-19(13-15-8-3-5-12-18(15)20)17-11-6-9-14-7-2-4-10-16(14)17/h2-12,19,21H,13H2,1H3. The minimum atomic E-state index is 0.301. The Balaban J connectivity index is 2.01. The maximum atomic E-state index is 3.65. The monoisotopic (exact) mass is 339 g/mol. The van der Waals surface area contributed by atoms with Crippen LogP contribution in [0.25, 0.3) is 10.8 Å². The predicted molar refractivity (Wildman–Crippen MR) is 93.6 cm³/mol. The van der Waals surface area contributed by atoms with E-state index in [9.17, 15) is 0 Å². The first-order chi connectivity index (χ1) is 10.3. The van der Waals surface area contributed by atoms with Crippen LogP contribution >= 0.6 is 15.9 Å². The minimum Gasteiger partial charge on any atom is -0.313 e. The van der Waals surface area contributed by atoms with E-state index in [2.05, 4.69) is 88.0 Å². The van der Waals surface area contributed by atoms with Crippen LogP contribution in [0.5, 0.6) is 0 Å². The molecule has 0 amide bonds. The van der Waals surface area contributed by atoms with Crippen LogP contribution in [0.1, 0.15) is 17.2 Å². The molecule has 106 valence electrons. The third kappa shape index (κ3) is 3.02. The van der Waals surface area contributed by atoms with E-state index in [1.54, 1.807) is 0 Å². The molecule has 0 heterocycles. The van der Waals surface area contributed by atoms with E-state index in [0.717, 1.165) is 6.42 Å². The van der Waals surface area contributed by atoms with Crippen LogP contribution < -0.4 is 5.32 Å². The third-order valence-electron chi connectivity index (χ3n) is 3.93. The van der Waals surface area contributed by atoms with Crippen molar-refractivity contribution in [2.24, 2.45) is 0 Å². The quantitative estimate of drug-likeness (QED) is 0.696. The highest BCUT2D eigenvalue weighted by atomic mass is 79.9. The van der Waals surface area contributed by atoms with E-state index < -0.39 is 0 Å². The first kappa shape index (κ1) is 14.3. The molecule has 0 spiro atoms. The molecule has 0 aromatic heterocycles. The molecule has 1 unspecified atom stereocenters.